The Morgan fingerprint density at radius 2 is 2.22 bits per heavy atom. The zero-order valence-corrected chi connectivity index (χ0v) is 12.8. The minimum atomic E-state index is -0.153. The van der Waals surface area contributed by atoms with Crippen molar-refractivity contribution in [3.63, 3.8) is 0 Å². The van der Waals surface area contributed by atoms with E-state index >= 15 is 0 Å². The van der Waals surface area contributed by atoms with Crippen LogP contribution in [0.25, 0.3) is 0 Å². The summed E-state index contributed by atoms with van der Waals surface area (Å²) in [7, 11) is 0. The summed E-state index contributed by atoms with van der Waals surface area (Å²) in [6.45, 7) is 0.659. The fraction of sp³-hybridized carbons (Fsp3) is 0.583. The van der Waals surface area contributed by atoms with Gasteiger partial charge in [0.2, 0.25) is 0 Å². The molecule has 1 amide bonds. The van der Waals surface area contributed by atoms with Crippen LogP contribution in [0.15, 0.2) is 6.07 Å². The molecule has 6 heteroatoms. The lowest BCUT2D eigenvalue weighted by molar-refractivity contribution is 0.0944. The molecule has 0 bridgehead atoms. The van der Waals surface area contributed by atoms with E-state index in [4.69, 9.17) is 34.8 Å². The van der Waals surface area contributed by atoms with Gasteiger partial charge in [0.1, 0.15) is 4.34 Å². The average Bonchev–Trinajstić information content (AvgIpc) is 2.66. The normalized spacial score (nSPS) is 23.9. The Labute approximate surface area is 126 Å². The highest BCUT2D eigenvalue weighted by molar-refractivity contribution is 7.20. The van der Waals surface area contributed by atoms with E-state index in [-0.39, 0.29) is 11.3 Å². The van der Waals surface area contributed by atoms with Crippen LogP contribution in [-0.2, 0) is 0 Å². The van der Waals surface area contributed by atoms with E-state index in [1.54, 1.807) is 6.07 Å². The second-order valence-corrected chi connectivity index (χ2v) is 7.48. The Hall–Kier alpha value is 0.0400. The van der Waals surface area contributed by atoms with Crippen LogP contribution in [0.5, 0.6) is 0 Å². The molecule has 2 nitrogen and oxygen atoms in total. The van der Waals surface area contributed by atoms with Crippen molar-refractivity contribution in [1.82, 2.24) is 5.32 Å². The molecule has 2 rings (SSSR count). The molecule has 18 heavy (non-hydrogen) atoms. The van der Waals surface area contributed by atoms with Crippen molar-refractivity contribution in [1.29, 1.82) is 0 Å². The highest BCUT2D eigenvalue weighted by Gasteiger charge is 2.21. The average molecular weight is 327 g/mol. The Balaban J connectivity index is 1.86. The minimum absolute atomic E-state index is 0.153. The quantitative estimate of drug-likeness (QED) is 0.809. The molecule has 0 radical (unpaired) electrons. The molecule has 1 aliphatic carbocycles. The molecule has 1 N–H and O–H groups in total. The molecule has 1 aromatic rings. The zero-order valence-electron chi connectivity index (χ0n) is 9.72. The lowest BCUT2D eigenvalue weighted by Gasteiger charge is -2.25. The molecule has 1 fully saturated rings. The summed E-state index contributed by atoms with van der Waals surface area (Å²) in [4.78, 5) is 11.9. The van der Waals surface area contributed by atoms with E-state index < -0.39 is 0 Å². The van der Waals surface area contributed by atoms with Gasteiger partial charge in [0.25, 0.3) is 5.91 Å². The van der Waals surface area contributed by atoms with Crippen LogP contribution in [0.4, 0.5) is 0 Å². The van der Waals surface area contributed by atoms with Crippen LogP contribution in [0.2, 0.25) is 8.67 Å². The minimum Gasteiger partial charge on any atom is -0.352 e. The number of nitrogens with one attached hydrogen (secondary N) is 1. The summed E-state index contributed by atoms with van der Waals surface area (Å²) in [5.74, 6) is 0.318. The molecular formula is C12H14Cl3NOS. The van der Waals surface area contributed by atoms with E-state index in [1.165, 1.54) is 11.3 Å². The SMILES string of the molecule is O=C(NCC1CCCC(Cl)C1)c1cc(Cl)sc1Cl. The molecule has 1 aromatic heterocycles. The molecule has 1 heterocycles. The predicted molar refractivity (Wildman–Crippen MR) is 78.3 cm³/mol. The molecule has 0 aliphatic heterocycles. The maximum Gasteiger partial charge on any atom is 0.253 e. The molecule has 0 aromatic carbocycles. The number of carbonyl (C=O) groups is 1. The fourth-order valence-electron chi connectivity index (χ4n) is 2.24. The Kier molecular flexibility index (Phi) is 5.19. The highest BCUT2D eigenvalue weighted by Crippen LogP contribution is 2.31. The number of rotatable bonds is 3. The van der Waals surface area contributed by atoms with Gasteiger partial charge in [-0.15, -0.1) is 22.9 Å². The van der Waals surface area contributed by atoms with E-state index in [0.717, 1.165) is 25.7 Å². The van der Waals surface area contributed by atoms with Gasteiger partial charge < -0.3 is 5.32 Å². The van der Waals surface area contributed by atoms with Gasteiger partial charge in [-0.05, 0) is 31.2 Å². The van der Waals surface area contributed by atoms with Gasteiger partial charge in [0.15, 0.2) is 0 Å². The first kappa shape index (κ1) is 14.4. The van der Waals surface area contributed by atoms with Gasteiger partial charge in [0.05, 0.1) is 9.90 Å². The van der Waals surface area contributed by atoms with Gasteiger partial charge in [-0.2, -0.15) is 0 Å². The number of carbonyl (C=O) groups excluding carboxylic acids is 1. The third-order valence-electron chi connectivity index (χ3n) is 3.17. The van der Waals surface area contributed by atoms with Crippen LogP contribution >= 0.6 is 46.1 Å². The molecule has 2 atom stereocenters. The van der Waals surface area contributed by atoms with Crippen LogP contribution in [0.1, 0.15) is 36.0 Å². The summed E-state index contributed by atoms with van der Waals surface area (Å²) in [5, 5.41) is 3.16. The van der Waals surface area contributed by atoms with Crippen molar-refractivity contribution in [3.8, 4) is 0 Å². The van der Waals surface area contributed by atoms with Crippen LogP contribution in [0.3, 0.4) is 0 Å². The largest absolute Gasteiger partial charge is 0.352 e. The number of hydrogen-bond acceptors (Lipinski definition) is 2. The Bertz CT molecular complexity index is 435. The van der Waals surface area contributed by atoms with Crippen LogP contribution in [0, 0.1) is 5.92 Å². The zero-order chi connectivity index (χ0) is 13.1. The van der Waals surface area contributed by atoms with E-state index in [9.17, 15) is 4.79 Å². The van der Waals surface area contributed by atoms with E-state index in [2.05, 4.69) is 5.32 Å². The van der Waals surface area contributed by atoms with Gasteiger partial charge in [-0.25, -0.2) is 0 Å². The van der Waals surface area contributed by atoms with Gasteiger partial charge in [-0.1, -0.05) is 29.6 Å². The van der Waals surface area contributed by atoms with Crippen molar-refractivity contribution < 1.29 is 4.79 Å². The van der Waals surface area contributed by atoms with E-state index in [1.807, 2.05) is 0 Å². The molecule has 0 saturated heterocycles. The van der Waals surface area contributed by atoms with Crippen molar-refractivity contribution >= 4 is 52.0 Å². The second-order valence-electron chi connectivity index (χ2n) is 4.58. The number of halogens is 3. The maximum absolute atomic E-state index is 11.9. The first-order valence-electron chi connectivity index (χ1n) is 5.93. The summed E-state index contributed by atoms with van der Waals surface area (Å²) in [5.41, 5.74) is 0.463. The third-order valence-corrected chi connectivity index (χ3v) is 5.06. The van der Waals surface area contributed by atoms with Crippen molar-refractivity contribution in [3.05, 3.63) is 20.3 Å². The van der Waals surface area contributed by atoms with E-state index in [0.29, 0.717) is 26.7 Å². The fourth-order valence-corrected chi connectivity index (χ4v) is 4.10. The number of alkyl halides is 1. The van der Waals surface area contributed by atoms with Gasteiger partial charge >= 0.3 is 0 Å². The monoisotopic (exact) mass is 325 g/mol. The van der Waals surface area contributed by atoms with Crippen LogP contribution < -0.4 is 5.32 Å². The third kappa shape index (κ3) is 3.77. The maximum atomic E-state index is 11.9. The number of thiophene rings is 1. The summed E-state index contributed by atoms with van der Waals surface area (Å²) in [6.07, 6.45) is 4.32. The van der Waals surface area contributed by atoms with Crippen molar-refractivity contribution in [2.24, 2.45) is 5.92 Å². The van der Waals surface area contributed by atoms with Gasteiger partial charge in [0, 0.05) is 11.9 Å². The number of amides is 1. The summed E-state index contributed by atoms with van der Waals surface area (Å²) < 4.78 is 0.972. The Morgan fingerprint density at radius 3 is 2.83 bits per heavy atom. The first-order chi connectivity index (χ1) is 8.56. The number of hydrogen-bond donors (Lipinski definition) is 1. The first-order valence-corrected chi connectivity index (χ1v) is 7.94. The molecular weight excluding hydrogens is 313 g/mol. The van der Waals surface area contributed by atoms with Crippen molar-refractivity contribution in [2.45, 2.75) is 31.1 Å². The van der Waals surface area contributed by atoms with Gasteiger partial charge in [-0.3, -0.25) is 4.79 Å². The molecule has 1 aliphatic rings. The van der Waals surface area contributed by atoms with Crippen LogP contribution in [-0.4, -0.2) is 17.8 Å². The predicted octanol–water partition coefficient (Wildman–Crippen LogP) is 4.58. The smallest absolute Gasteiger partial charge is 0.253 e. The molecule has 1 saturated carbocycles. The standard InChI is InChI=1S/C12H14Cl3NOS/c13-8-3-1-2-7(4-8)6-16-12(17)9-5-10(14)18-11(9)15/h5,7-8H,1-4,6H2,(H,16,17). The molecule has 0 spiro atoms. The lowest BCUT2D eigenvalue weighted by Crippen LogP contribution is -2.31. The summed E-state index contributed by atoms with van der Waals surface area (Å²) >= 11 is 19.1. The Morgan fingerprint density at radius 1 is 1.44 bits per heavy atom. The highest BCUT2D eigenvalue weighted by atomic mass is 35.5. The second kappa shape index (κ2) is 6.47. The topological polar surface area (TPSA) is 29.1 Å². The molecule has 100 valence electrons. The van der Waals surface area contributed by atoms with Crippen molar-refractivity contribution in [2.75, 3.05) is 6.54 Å². The summed E-state index contributed by atoms with van der Waals surface area (Å²) in [6, 6.07) is 1.61. The lowest BCUT2D eigenvalue weighted by atomic mass is 9.89. The molecule has 2 unspecified atom stereocenters.